The fraction of sp³-hybridized carbons (Fsp3) is 0.0909. The summed E-state index contributed by atoms with van der Waals surface area (Å²) in [5.74, 6) is -1.44. The third-order valence-corrected chi connectivity index (χ3v) is 3.00. The smallest absolute Gasteiger partial charge is 0.355 e. The fourth-order valence-corrected chi connectivity index (χ4v) is 2.06. The summed E-state index contributed by atoms with van der Waals surface area (Å²) in [6, 6.07) is 5.85. The highest BCUT2D eigenvalue weighted by Gasteiger charge is 2.11. The molecule has 0 aliphatic rings. The van der Waals surface area contributed by atoms with Gasteiger partial charge in [-0.05, 0) is 41.4 Å². The maximum atomic E-state index is 13.4. The van der Waals surface area contributed by atoms with E-state index in [4.69, 9.17) is 9.84 Å². The summed E-state index contributed by atoms with van der Waals surface area (Å²) in [6.45, 7) is 0. The maximum Gasteiger partial charge on any atom is 0.355 e. The van der Waals surface area contributed by atoms with Gasteiger partial charge in [0.2, 0.25) is 0 Å². The first-order valence-corrected chi connectivity index (χ1v) is 5.43. The molecule has 88 valence electrons. The van der Waals surface area contributed by atoms with E-state index in [1.807, 2.05) is 0 Å². The third kappa shape index (κ3) is 2.26. The highest BCUT2D eigenvalue weighted by atomic mass is 32.1. The van der Waals surface area contributed by atoms with E-state index in [-0.39, 0.29) is 11.4 Å². The highest BCUT2D eigenvalue weighted by Crippen LogP contribution is 2.28. The standard InChI is InChI=1S/C11H8FNO3S/c1-16-9-3-2-6(4-7(9)12)10-5-8(11(14)15)13-17-10/h2-5H,1H3,(H,14,15). The molecule has 0 atom stereocenters. The number of nitrogens with zero attached hydrogens (tertiary/aromatic N) is 1. The number of carbonyl (C=O) groups is 1. The molecule has 1 N–H and O–H groups in total. The predicted molar refractivity (Wildman–Crippen MR) is 61.0 cm³/mol. The summed E-state index contributed by atoms with van der Waals surface area (Å²) in [5, 5.41) is 8.73. The number of carboxylic acids is 1. The molecule has 0 unspecified atom stereocenters. The predicted octanol–water partition coefficient (Wildman–Crippen LogP) is 2.66. The van der Waals surface area contributed by atoms with Crippen molar-refractivity contribution in [2.24, 2.45) is 0 Å². The number of aromatic nitrogens is 1. The Balaban J connectivity index is 2.39. The topological polar surface area (TPSA) is 59.4 Å². The number of methoxy groups -OCH3 is 1. The largest absolute Gasteiger partial charge is 0.494 e. The number of hydrogen-bond donors (Lipinski definition) is 1. The second-order valence-electron chi connectivity index (χ2n) is 3.23. The highest BCUT2D eigenvalue weighted by molar-refractivity contribution is 7.09. The van der Waals surface area contributed by atoms with Crippen LogP contribution in [0.3, 0.4) is 0 Å². The van der Waals surface area contributed by atoms with Gasteiger partial charge >= 0.3 is 5.97 Å². The zero-order valence-corrected chi connectivity index (χ0v) is 9.62. The molecule has 2 rings (SSSR count). The van der Waals surface area contributed by atoms with Gasteiger partial charge in [0, 0.05) is 0 Å². The van der Waals surface area contributed by atoms with Crippen molar-refractivity contribution in [3.8, 4) is 16.2 Å². The SMILES string of the molecule is COc1ccc(-c2cc(C(=O)O)ns2)cc1F. The van der Waals surface area contributed by atoms with E-state index in [1.54, 1.807) is 6.07 Å². The zero-order chi connectivity index (χ0) is 12.4. The molecular formula is C11H8FNO3S. The molecule has 2 aromatic rings. The van der Waals surface area contributed by atoms with Gasteiger partial charge in [0.25, 0.3) is 0 Å². The second-order valence-corrected chi connectivity index (χ2v) is 4.04. The van der Waals surface area contributed by atoms with Crippen LogP contribution in [0.5, 0.6) is 5.75 Å². The van der Waals surface area contributed by atoms with Crippen LogP contribution in [0.15, 0.2) is 24.3 Å². The molecule has 0 aliphatic heterocycles. The Morgan fingerprint density at radius 1 is 1.47 bits per heavy atom. The first-order chi connectivity index (χ1) is 8.11. The lowest BCUT2D eigenvalue weighted by Gasteiger charge is -2.02. The molecule has 1 aromatic carbocycles. The summed E-state index contributed by atoms with van der Waals surface area (Å²) in [5.41, 5.74) is 0.537. The van der Waals surface area contributed by atoms with Crippen molar-refractivity contribution in [2.75, 3.05) is 7.11 Å². The maximum absolute atomic E-state index is 13.4. The molecule has 0 radical (unpaired) electrons. The Labute approximate surface area is 100 Å². The monoisotopic (exact) mass is 253 g/mol. The number of hydrogen-bond acceptors (Lipinski definition) is 4. The number of ether oxygens (including phenoxy) is 1. The molecule has 17 heavy (non-hydrogen) atoms. The Bertz CT molecular complexity index is 568. The molecule has 0 saturated carbocycles. The van der Waals surface area contributed by atoms with Crippen LogP contribution < -0.4 is 4.74 Å². The van der Waals surface area contributed by atoms with Crippen LogP contribution >= 0.6 is 11.5 Å². The minimum atomic E-state index is -1.10. The summed E-state index contributed by atoms with van der Waals surface area (Å²) in [4.78, 5) is 11.3. The summed E-state index contributed by atoms with van der Waals surface area (Å²) >= 11 is 1.01. The first kappa shape index (κ1) is 11.5. The summed E-state index contributed by atoms with van der Waals surface area (Å²) < 4.78 is 22.0. The van der Waals surface area contributed by atoms with Gasteiger partial charge in [-0.3, -0.25) is 0 Å². The molecule has 0 saturated heterocycles. The Hall–Kier alpha value is -1.95. The zero-order valence-electron chi connectivity index (χ0n) is 8.81. The van der Waals surface area contributed by atoms with Crippen molar-refractivity contribution in [2.45, 2.75) is 0 Å². The van der Waals surface area contributed by atoms with Gasteiger partial charge in [-0.25, -0.2) is 9.18 Å². The van der Waals surface area contributed by atoms with Gasteiger partial charge in [-0.1, -0.05) is 0 Å². The Kier molecular flexibility index (Phi) is 3.06. The van der Waals surface area contributed by atoms with E-state index in [9.17, 15) is 9.18 Å². The number of halogens is 1. The van der Waals surface area contributed by atoms with E-state index >= 15 is 0 Å². The van der Waals surface area contributed by atoms with Crippen molar-refractivity contribution >= 4 is 17.5 Å². The Morgan fingerprint density at radius 3 is 2.76 bits per heavy atom. The fourth-order valence-electron chi connectivity index (χ4n) is 1.33. The second kappa shape index (κ2) is 4.50. The molecule has 1 aromatic heterocycles. The van der Waals surface area contributed by atoms with Crippen LogP contribution in [-0.2, 0) is 0 Å². The van der Waals surface area contributed by atoms with Crippen molar-refractivity contribution in [1.82, 2.24) is 4.37 Å². The van der Waals surface area contributed by atoms with Crippen LogP contribution in [-0.4, -0.2) is 22.6 Å². The van der Waals surface area contributed by atoms with E-state index in [0.29, 0.717) is 10.4 Å². The van der Waals surface area contributed by atoms with Crippen LogP contribution in [0.2, 0.25) is 0 Å². The molecule has 4 nitrogen and oxygen atoms in total. The van der Waals surface area contributed by atoms with Crippen LogP contribution in [0.4, 0.5) is 4.39 Å². The molecule has 1 heterocycles. The van der Waals surface area contributed by atoms with Crippen molar-refractivity contribution < 1.29 is 19.0 Å². The minimum Gasteiger partial charge on any atom is -0.494 e. The van der Waals surface area contributed by atoms with Crippen molar-refractivity contribution in [1.29, 1.82) is 0 Å². The van der Waals surface area contributed by atoms with Crippen molar-refractivity contribution in [3.05, 3.63) is 35.8 Å². The average Bonchev–Trinajstić information content (AvgIpc) is 2.78. The van der Waals surface area contributed by atoms with Gasteiger partial charge in [-0.15, -0.1) is 0 Å². The minimum absolute atomic E-state index is 0.0405. The lowest BCUT2D eigenvalue weighted by atomic mass is 10.1. The lowest BCUT2D eigenvalue weighted by Crippen LogP contribution is -1.94. The lowest BCUT2D eigenvalue weighted by molar-refractivity contribution is 0.0692. The van der Waals surface area contributed by atoms with Gasteiger partial charge in [0.1, 0.15) is 0 Å². The number of aromatic carboxylic acids is 1. The van der Waals surface area contributed by atoms with Crippen LogP contribution in [0.25, 0.3) is 10.4 Å². The number of carboxylic acid groups (broad SMARTS) is 1. The van der Waals surface area contributed by atoms with Crippen molar-refractivity contribution in [3.63, 3.8) is 0 Å². The van der Waals surface area contributed by atoms with E-state index in [1.165, 1.54) is 25.3 Å². The number of rotatable bonds is 3. The number of benzene rings is 1. The van der Waals surface area contributed by atoms with Gasteiger partial charge in [-0.2, -0.15) is 4.37 Å². The molecule has 0 aliphatic carbocycles. The normalized spacial score (nSPS) is 10.2. The third-order valence-electron chi connectivity index (χ3n) is 2.17. The van der Waals surface area contributed by atoms with E-state index < -0.39 is 11.8 Å². The molecular weight excluding hydrogens is 245 g/mol. The van der Waals surface area contributed by atoms with Gasteiger partial charge in [0.05, 0.1) is 12.0 Å². The summed E-state index contributed by atoms with van der Waals surface area (Å²) in [7, 11) is 1.38. The van der Waals surface area contributed by atoms with Crippen LogP contribution in [0.1, 0.15) is 10.5 Å². The van der Waals surface area contributed by atoms with Gasteiger partial charge in [0.15, 0.2) is 17.3 Å². The molecule has 0 bridgehead atoms. The first-order valence-electron chi connectivity index (χ1n) is 4.65. The van der Waals surface area contributed by atoms with Gasteiger partial charge < -0.3 is 9.84 Å². The molecule has 0 amide bonds. The van der Waals surface area contributed by atoms with E-state index in [2.05, 4.69) is 4.37 Å². The quantitative estimate of drug-likeness (QED) is 0.913. The Morgan fingerprint density at radius 2 is 2.24 bits per heavy atom. The molecule has 0 spiro atoms. The summed E-state index contributed by atoms with van der Waals surface area (Å²) in [6.07, 6.45) is 0. The molecule has 0 fully saturated rings. The molecule has 6 heteroatoms. The average molecular weight is 253 g/mol. The van der Waals surface area contributed by atoms with Crippen LogP contribution in [0, 0.1) is 5.82 Å². The van der Waals surface area contributed by atoms with E-state index in [0.717, 1.165) is 11.5 Å².